The van der Waals surface area contributed by atoms with Gasteiger partial charge in [0.15, 0.2) is 0 Å². The Balaban J connectivity index is 2.27. The normalized spacial score (nSPS) is 18.7. The van der Waals surface area contributed by atoms with E-state index in [4.69, 9.17) is 16.3 Å². The Morgan fingerprint density at radius 1 is 1.55 bits per heavy atom. The number of nitrogens with zero attached hydrogens (tertiary/aromatic N) is 2. The smallest absolute Gasteiger partial charge is 0.273 e. The van der Waals surface area contributed by atoms with Gasteiger partial charge in [0, 0.05) is 19.2 Å². The van der Waals surface area contributed by atoms with Crippen LogP contribution in [0.5, 0.6) is 5.75 Å². The Bertz CT molecular complexity index is 535. The second-order valence-electron chi connectivity index (χ2n) is 4.63. The maximum absolute atomic E-state index is 12.4. The molecule has 1 aromatic carbocycles. The molecule has 1 unspecified atom stereocenters. The average molecular weight is 299 g/mol. The minimum absolute atomic E-state index is 0.0447. The van der Waals surface area contributed by atoms with Crippen LogP contribution in [0.2, 0.25) is 0 Å². The van der Waals surface area contributed by atoms with Crippen LogP contribution in [0.1, 0.15) is 23.2 Å². The summed E-state index contributed by atoms with van der Waals surface area (Å²) in [6.45, 7) is 1.13. The molecular weight excluding hydrogens is 284 g/mol. The molecule has 1 aliphatic rings. The van der Waals surface area contributed by atoms with Gasteiger partial charge in [-0.2, -0.15) is 0 Å². The molecule has 0 aliphatic carbocycles. The molecule has 1 amide bonds. The van der Waals surface area contributed by atoms with Gasteiger partial charge in [0.25, 0.3) is 11.6 Å². The third-order valence-corrected chi connectivity index (χ3v) is 3.63. The lowest BCUT2D eigenvalue weighted by Crippen LogP contribution is -2.40. The van der Waals surface area contributed by atoms with E-state index in [0.717, 1.165) is 12.8 Å². The molecule has 0 aromatic heterocycles. The zero-order valence-electron chi connectivity index (χ0n) is 11.0. The zero-order valence-corrected chi connectivity index (χ0v) is 11.8. The van der Waals surface area contributed by atoms with Gasteiger partial charge in [0.05, 0.1) is 29.0 Å². The lowest BCUT2D eigenvalue weighted by atomic mass is 10.1. The molecule has 0 N–H and O–H groups in total. The first-order valence-corrected chi connectivity index (χ1v) is 6.72. The number of non-ortho nitro benzene ring substituents is 1. The van der Waals surface area contributed by atoms with Crippen molar-refractivity contribution in [3.8, 4) is 5.75 Å². The fourth-order valence-corrected chi connectivity index (χ4v) is 2.57. The Labute approximate surface area is 121 Å². The van der Waals surface area contributed by atoms with Gasteiger partial charge >= 0.3 is 0 Å². The first-order valence-electron chi connectivity index (χ1n) is 6.28. The van der Waals surface area contributed by atoms with Gasteiger partial charge in [-0.25, -0.2) is 0 Å². The fourth-order valence-electron chi connectivity index (χ4n) is 2.25. The number of hydrogen-bond donors (Lipinski definition) is 0. The summed E-state index contributed by atoms with van der Waals surface area (Å²) in [5, 5.41) is 10.7. The summed E-state index contributed by atoms with van der Waals surface area (Å²) in [6.07, 6.45) is 1.75. The number of methoxy groups -OCH3 is 1. The van der Waals surface area contributed by atoms with Gasteiger partial charge in [-0.1, -0.05) is 0 Å². The number of nitro groups is 1. The molecule has 1 atom stereocenters. The first kappa shape index (κ1) is 14.6. The third-order valence-electron chi connectivity index (χ3n) is 3.28. The van der Waals surface area contributed by atoms with Gasteiger partial charge < -0.3 is 9.64 Å². The van der Waals surface area contributed by atoms with Crippen molar-refractivity contribution in [1.82, 2.24) is 4.90 Å². The highest BCUT2D eigenvalue weighted by atomic mass is 35.5. The van der Waals surface area contributed by atoms with Crippen molar-refractivity contribution in [2.24, 2.45) is 0 Å². The number of piperidine rings is 1. The summed E-state index contributed by atoms with van der Waals surface area (Å²) in [6, 6.07) is 3.99. The molecule has 2 rings (SSSR count). The van der Waals surface area contributed by atoms with Gasteiger partial charge in [0.1, 0.15) is 5.75 Å². The molecule has 6 nitrogen and oxygen atoms in total. The Morgan fingerprint density at radius 2 is 2.30 bits per heavy atom. The molecule has 1 aliphatic heterocycles. The van der Waals surface area contributed by atoms with Crippen LogP contribution < -0.4 is 4.74 Å². The Morgan fingerprint density at radius 3 is 2.90 bits per heavy atom. The summed E-state index contributed by atoms with van der Waals surface area (Å²) in [5.74, 6) is 0.00277. The number of alkyl halides is 1. The van der Waals surface area contributed by atoms with Gasteiger partial charge in [-0.3, -0.25) is 14.9 Å². The molecule has 1 heterocycles. The van der Waals surface area contributed by atoms with Crippen molar-refractivity contribution in [2.45, 2.75) is 18.2 Å². The highest BCUT2D eigenvalue weighted by Crippen LogP contribution is 2.27. The van der Waals surface area contributed by atoms with E-state index in [-0.39, 0.29) is 22.7 Å². The predicted octanol–water partition coefficient (Wildman–Crippen LogP) is 2.45. The van der Waals surface area contributed by atoms with Crippen molar-refractivity contribution in [2.75, 3.05) is 20.2 Å². The third kappa shape index (κ3) is 3.01. The van der Waals surface area contributed by atoms with Crippen molar-refractivity contribution in [3.05, 3.63) is 33.9 Å². The van der Waals surface area contributed by atoms with E-state index >= 15 is 0 Å². The molecule has 0 bridgehead atoms. The lowest BCUT2D eigenvalue weighted by Gasteiger charge is -2.30. The predicted molar refractivity (Wildman–Crippen MR) is 74.4 cm³/mol. The molecule has 7 heteroatoms. The fraction of sp³-hybridized carbons (Fsp3) is 0.462. The quantitative estimate of drug-likeness (QED) is 0.488. The monoisotopic (exact) mass is 298 g/mol. The number of carbonyl (C=O) groups is 1. The van der Waals surface area contributed by atoms with Crippen LogP contribution in [0.3, 0.4) is 0 Å². The first-order chi connectivity index (χ1) is 9.52. The minimum atomic E-state index is -0.521. The van der Waals surface area contributed by atoms with E-state index in [1.54, 1.807) is 4.90 Å². The minimum Gasteiger partial charge on any atom is -0.496 e. The van der Waals surface area contributed by atoms with Crippen LogP contribution >= 0.6 is 11.6 Å². The zero-order chi connectivity index (χ0) is 14.7. The van der Waals surface area contributed by atoms with E-state index in [1.165, 1.54) is 25.3 Å². The van der Waals surface area contributed by atoms with Crippen LogP contribution in [-0.2, 0) is 0 Å². The molecule has 108 valence electrons. The molecule has 1 aromatic rings. The number of nitro benzene ring substituents is 1. The summed E-state index contributed by atoms with van der Waals surface area (Å²) in [5.41, 5.74) is 0.219. The number of rotatable bonds is 3. The largest absolute Gasteiger partial charge is 0.496 e. The van der Waals surface area contributed by atoms with Gasteiger partial charge in [0.2, 0.25) is 0 Å². The van der Waals surface area contributed by atoms with E-state index in [0.29, 0.717) is 18.7 Å². The second-order valence-corrected chi connectivity index (χ2v) is 5.25. The second kappa shape index (κ2) is 6.09. The number of likely N-dealkylation sites (tertiary alicyclic amines) is 1. The molecule has 0 spiro atoms. The summed E-state index contributed by atoms with van der Waals surface area (Å²) < 4.78 is 5.09. The van der Waals surface area contributed by atoms with E-state index in [1.807, 2.05) is 0 Å². The number of halogens is 1. The summed E-state index contributed by atoms with van der Waals surface area (Å²) >= 11 is 6.07. The SMILES string of the molecule is COc1cc([N+](=O)[O-])ccc1C(=O)N1CCCC(Cl)C1. The number of ether oxygens (including phenoxy) is 1. The van der Waals surface area contributed by atoms with E-state index in [2.05, 4.69) is 0 Å². The average Bonchev–Trinajstić information content (AvgIpc) is 2.45. The molecule has 20 heavy (non-hydrogen) atoms. The van der Waals surface area contributed by atoms with Crippen LogP contribution in [0.25, 0.3) is 0 Å². The Kier molecular flexibility index (Phi) is 4.44. The Hall–Kier alpha value is -1.82. The van der Waals surface area contributed by atoms with Crippen molar-refractivity contribution in [1.29, 1.82) is 0 Å². The summed E-state index contributed by atoms with van der Waals surface area (Å²) in [4.78, 5) is 24.3. The maximum atomic E-state index is 12.4. The van der Waals surface area contributed by atoms with Crippen molar-refractivity contribution < 1.29 is 14.5 Å². The van der Waals surface area contributed by atoms with Gasteiger partial charge in [-0.05, 0) is 18.9 Å². The summed E-state index contributed by atoms with van der Waals surface area (Å²) in [7, 11) is 1.39. The molecule has 0 radical (unpaired) electrons. The highest BCUT2D eigenvalue weighted by molar-refractivity contribution is 6.21. The molecule has 1 saturated heterocycles. The van der Waals surface area contributed by atoms with Crippen LogP contribution in [0.4, 0.5) is 5.69 Å². The standard InChI is InChI=1S/C13H15ClN2O4/c1-20-12-7-10(16(18)19)4-5-11(12)13(17)15-6-2-3-9(14)8-15/h4-5,7,9H,2-3,6,8H2,1H3. The van der Waals surface area contributed by atoms with E-state index in [9.17, 15) is 14.9 Å². The highest BCUT2D eigenvalue weighted by Gasteiger charge is 2.26. The van der Waals surface area contributed by atoms with Crippen molar-refractivity contribution >= 4 is 23.2 Å². The maximum Gasteiger partial charge on any atom is 0.273 e. The number of carbonyl (C=O) groups excluding carboxylic acids is 1. The molecule has 0 saturated carbocycles. The van der Waals surface area contributed by atoms with E-state index < -0.39 is 4.92 Å². The van der Waals surface area contributed by atoms with Crippen LogP contribution in [0, 0.1) is 10.1 Å². The number of hydrogen-bond acceptors (Lipinski definition) is 4. The topological polar surface area (TPSA) is 72.7 Å². The van der Waals surface area contributed by atoms with Crippen LogP contribution in [0.15, 0.2) is 18.2 Å². The molecule has 1 fully saturated rings. The lowest BCUT2D eigenvalue weighted by molar-refractivity contribution is -0.384. The van der Waals surface area contributed by atoms with Crippen molar-refractivity contribution in [3.63, 3.8) is 0 Å². The van der Waals surface area contributed by atoms with Gasteiger partial charge in [-0.15, -0.1) is 11.6 Å². The van der Waals surface area contributed by atoms with Crippen LogP contribution in [-0.4, -0.2) is 41.3 Å². The molecular formula is C13H15ClN2O4. The number of amides is 1. The number of benzene rings is 1.